The molecule has 4 rings (SSSR count). The van der Waals surface area contributed by atoms with Crippen LogP contribution in [0.2, 0.25) is 0 Å². The number of hydrogen-bond acceptors (Lipinski definition) is 8. The summed E-state index contributed by atoms with van der Waals surface area (Å²) < 4.78 is 0. The fraction of sp³-hybridized carbons (Fsp3) is 0.406. The lowest BCUT2D eigenvalue weighted by atomic mass is 9.86. The maximum Gasteiger partial charge on any atom is 0.162 e. The number of allylic oxidation sites excluding steroid dienone is 5. The molecule has 8 nitrogen and oxygen atoms in total. The predicted molar refractivity (Wildman–Crippen MR) is 165 cm³/mol. The molecule has 1 saturated heterocycles. The maximum absolute atomic E-state index is 12.9. The Hall–Kier alpha value is -3.75. The van der Waals surface area contributed by atoms with Crippen LogP contribution in [0.15, 0.2) is 72.2 Å². The van der Waals surface area contributed by atoms with Gasteiger partial charge in [0.25, 0.3) is 0 Å². The minimum Gasteiger partial charge on any atom is -0.397 e. The average Bonchev–Trinajstić information content (AvgIpc) is 3.74. The lowest BCUT2D eigenvalue weighted by Gasteiger charge is -2.32. The normalized spacial score (nSPS) is 17.6. The number of nitrogens with zero attached hydrogens (tertiary/aromatic N) is 3. The van der Waals surface area contributed by atoms with Crippen LogP contribution in [-0.2, 0) is 4.79 Å². The number of hydrogen-bond donors (Lipinski definition) is 4. The second-order valence-electron chi connectivity index (χ2n) is 10.8. The van der Waals surface area contributed by atoms with E-state index in [4.69, 9.17) is 11.5 Å². The summed E-state index contributed by atoms with van der Waals surface area (Å²) in [5.74, 6) is 1.14. The molecule has 212 valence electrons. The fourth-order valence-electron chi connectivity index (χ4n) is 5.32. The van der Waals surface area contributed by atoms with Gasteiger partial charge in [0.2, 0.25) is 0 Å². The zero-order chi connectivity index (χ0) is 28.6. The number of nitrogens with one attached hydrogen (secondary N) is 2. The number of Topliss-reactive ketones (excluding diaryl/α,β-unsaturated/α-hetero) is 1. The van der Waals surface area contributed by atoms with Gasteiger partial charge in [-0.15, -0.1) is 0 Å². The predicted octanol–water partition coefficient (Wildman–Crippen LogP) is 4.88. The molecule has 2 fully saturated rings. The van der Waals surface area contributed by atoms with Gasteiger partial charge in [0, 0.05) is 36.1 Å². The molecule has 0 spiro atoms. The van der Waals surface area contributed by atoms with E-state index >= 15 is 0 Å². The number of ketones is 1. The van der Waals surface area contributed by atoms with Crippen LogP contribution in [0.25, 0.3) is 5.70 Å². The first-order valence-corrected chi connectivity index (χ1v) is 14.2. The van der Waals surface area contributed by atoms with Crippen LogP contribution in [-0.4, -0.2) is 52.9 Å². The highest BCUT2D eigenvalue weighted by Crippen LogP contribution is 2.32. The molecule has 8 heteroatoms. The Kier molecular flexibility index (Phi) is 9.90. The molecule has 2 aromatic rings. The van der Waals surface area contributed by atoms with Crippen LogP contribution in [0.5, 0.6) is 0 Å². The third-order valence-electron chi connectivity index (χ3n) is 7.50. The fourth-order valence-corrected chi connectivity index (χ4v) is 5.32. The number of carbonyl (C=O) groups excluding carboxylic acids is 1. The van der Waals surface area contributed by atoms with Crippen molar-refractivity contribution in [3.05, 3.63) is 89.1 Å². The summed E-state index contributed by atoms with van der Waals surface area (Å²) in [5.41, 5.74) is 18.3. The van der Waals surface area contributed by atoms with E-state index in [0.29, 0.717) is 52.6 Å². The highest BCUT2D eigenvalue weighted by molar-refractivity contribution is 6.00. The van der Waals surface area contributed by atoms with Crippen molar-refractivity contribution in [3.63, 3.8) is 0 Å². The molecule has 1 saturated carbocycles. The van der Waals surface area contributed by atoms with Gasteiger partial charge in [0.15, 0.2) is 5.78 Å². The number of carbonyl (C=O) groups is 1. The van der Waals surface area contributed by atoms with Crippen LogP contribution in [0.4, 0.5) is 11.5 Å². The summed E-state index contributed by atoms with van der Waals surface area (Å²) in [6.07, 6.45) is 13.4. The van der Waals surface area contributed by atoms with E-state index in [1.165, 1.54) is 11.1 Å². The third-order valence-corrected chi connectivity index (χ3v) is 7.50. The number of likely N-dealkylation sites (tertiary alicyclic amines) is 1. The Labute approximate surface area is 238 Å². The molecule has 2 heterocycles. The molecule has 0 atom stereocenters. The number of nitrogens with two attached hydrogens (primary N) is 2. The van der Waals surface area contributed by atoms with Crippen LogP contribution >= 0.6 is 0 Å². The van der Waals surface area contributed by atoms with Crippen LogP contribution in [0.3, 0.4) is 0 Å². The molecule has 40 heavy (non-hydrogen) atoms. The Bertz CT molecular complexity index is 1310. The largest absolute Gasteiger partial charge is 0.397 e. The molecule has 1 aromatic heterocycles. The van der Waals surface area contributed by atoms with Gasteiger partial charge in [0.05, 0.1) is 18.1 Å². The molecule has 0 bridgehead atoms. The topological polar surface area (TPSA) is 122 Å². The molecule has 1 aliphatic heterocycles. The summed E-state index contributed by atoms with van der Waals surface area (Å²) in [6.45, 7) is 13.7. The number of aryl methyl sites for hydroxylation is 1. The van der Waals surface area contributed by atoms with Crippen molar-refractivity contribution in [1.82, 2.24) is 14.9 Å². The SMILES string of the molecule is C=C(Nc1ccc(C2CCN(CCN)CC2)c(C)c1)/C(C(C)=O)=C(/C=C\C)\C=C(/N)c1cncc(NC2CC2)n1. The van der Waals surface area contributed by atoms with E-state index in [9.17, 15) is 4.79 Å². The molecule has 0 radical (unpaired) electrons. The van der Waals surface area contributed by atoms with Gasteiger partial charge in [0.1, 0.15) is 11.5 Å². The summed E-state index contributed by atoms with van der Waals surface area (Å²) in [5, 5.41) is 6.72. The van der Waals surface area contributed by atoms with Crippen molar-refractivity contribution in [1.29, 1.82) is 0 Å². The number of benzene rings is 1. The van der Waals surface area contributed by atoms with E-state index in [1.54, 1.807) is 25.4 Å². The second-order valence-corrected chi connectivity index (χ2v) is 10.8. The number of anilines is 2. The van der Waals surface area contributed by atoms with Crippen molar-refractivity contribution < 1.29 is 4.79 Å². The van der Waals surface area contributed by atoms with Gasteiger partial charge in [-0.1, -0.05) is 24.8 Å². The minimum atomic E-state index is -0.109. The lowest BCUT2D eigenvalue weighted by molar-refractivity contribution is -0.113. The lowest BCUT2D eigenvalue weighted by Crippen LogP contribution is -2.36. The molecule has 0 amide bonds. The zero-order valence-corrected chi connectivity index (χ0v) is 24.0. The highest BCUT2D eigenvalue weighted by Gasteiger charge is 2.23. The first-order chi connectivity index (χ1) is 19.3. The van der Waals surface area contributed by atoms with Gasteiger partial charge in [-0.2, -0.15) is 0 Å². The first-order valence-electron chi connectivity index (χ1n) is 14.2. The van der Waals surface area contributed by atoms with Crippen molar-refractivity contribution in [2.24, 2.45) is 11.5 Å². The molecular formula is C32H43N7O. The summed E-state index contributed by atoms with van der Waals surface area (Å²) >= 11 is 0. The zero-order valence-electron chi connectivity index (χ0n) is 24.0. The Morgan fingerprint density at radius 1 is 1.20 bits per heavy atom. The smallest absolute Gasteiger partial charge is 0.162 e. The van der Waals surface area contributed by atoms with Gasteiger partial charge in [-0.3, -0.25) is 9.78 Å². The average molecular weight is 542 g/mol. The minimum absolute atomic E-state index is 0.109. The van der Waals surface area contributed by atoms with Crippen LogP contribution in [0.1, 0.15) is 62.3 Å². The first kappa shape index (κ1) is 29.2. The monoisotopic (exact) mass is 541 g/mol. The van der Waals surface area contributed by atoms with Gasteiger partial charge in [-0.05, 0) is 100 Å². The van der Waals surface area contributed by atoms with Crippen molar-refractivity contribution in [3.8, 4) is 0 Å². The van der Waals surface area contributed by atoms with E-state index in [2.05, 4.69) is 57.2 Å². The van der Waals surface area contributed by atoms with Crippen molar-refractivity contribution in [2.45, 2.75) is 58.4 Å². The van der Waals surface area contributed by atoms with Gasteiger partial charge < -0.3 is 27.0 Å². The summed E-state index contributed by atoms with van der Waals surface area (Å²) in [4.78, 5) is 24.2. The number of aromatic nitrogens is 2. The summed E-state index contributed by atoms with van der Waals surface area (Å²) in [6, 6.07) is 6.87. The standard InChI is InChI=1S/C32H43N7O/c1-5-6-25(18-29(34)30-19-35-20-31(38-30)37-26-7-8-26)32(23(4)40)22(3)36-27-9-10-28(21(2)17-27)24-11-14-39(15-12-24)16-13-33/h5-6,9-10,17-20,24,26,36H,3,7-8,11-16,33-34H2,1-2,4H3,(H,37,38)/b6-5-,29-18-,32-25+. The number of rotatable bonds is 12. The summed E-state index contributed by atoms with van der Waals surface area (Å²) in [7, 11) is 0. The molecule has 2 aliphatic rings. The number of piperidine rings is 1. The molecule has 1 aliphatic carbocycles. The van der Waals surface area contributed by atoms with Crippen molar-refractivity contribution >= 4 is 23.0 Å². The Morgan fingerprint density at radius 2 is 1.95 bits per heavy atom. The van der Waals surface area contributed by atoms with Crippen LogP contribution in [0, 0.1) is 6.92 Å². The highest BCUT2D eigenvalue weighted by atomic mass is 16.1. The second kappa shape index (κ2) is 13.5. The van der Waals surface area contributed by atoms with E-state index in [-0.39, 0.29) is 5.78 Å². The van der Waals surface area contributed by atoms with E-state index in [0.717, 1.165) is 51.0 Å². The molecule has 1 aromatic carbocycles. The molecular weight excluding hydrogens is 498 g/mol. The van der Waals surface area contributed by atoms with E-state index in [1.807, 2.05) is 19.1 Å². The van der Waals surface area contributed by atoms with Gasteiger partial charge in [-0.25, -0.2) is 4.98 Å². The molecule has 6 N–H and O–H groups in total. The van der Waals surface area contributed by atoms with E-state index < -0.39 is 0 Å². The van der Waals surface area contributed by atoms with Gasteiger partial charge >= 0.3 is 0 Å². The Balaban J connectivity index is 1.53. The maximum atomic E-state index is 12.9. The third kappa shape index (κ3) is 7.67. The van der Waals surface area contributed by atoms with Crippen LogP contribution < -0.4 is 22.1 Å². The molecule has 0 unspecified atom stereocenters. The quantitative estimate of drug-likeness (QED) is 0.221. The Morgan fingerprint density at radius 3 is 2.58 bits per heavy atom. The van der Waals surface area contributed by atoms with Crippen molar-refractivity contribution in [2.75, 3.05) is 36.8 Å².